The molecule has 0 aliphatic heterocycles. The third-order valence-electron chi connectivity index (χ3n) is 2.63. The molecule has 0 radical (unpaired) electrons. The van der Waals surface area contributed by atoms with Gasteiger partial charge in [-0.05, 0) is 19.1 Å². The summed E-state index contributed by atoms with van der Waals surface area (Å²) in [7, 11) is 0. The van der Waals surface area contributed by atoms with Crippen molar-refractivity contribution in [3.63, 3.8) is 0 Å². The number of aromatic nitrogens is 2. The minimum absolute atomic E-state index is 0.0233. The molecule has 0 atom stereocenters. The smallest absolute Gasteiger partial charge is 0.270 e. The highest BCUT2D eigenvalue weighted by atomic mass is 16.4. The number of nitrogens with one attached hydrogen (secondary N) is 1. The van der Waals surface area contributed by atoms with E-state index in [1.165, 1.54) is 18.3 Å². The van der Waals surface area contributed by atoms with Crippen LogP contribution in [0.25, 0.3) is 0 Å². The van der Waals surface area contributed by atoms with E-state index in [0.29, 0.717) is 18.1 Å². The van der Waals surface area contributed by atoms with Crippen molar-refractivity contribution in [3.8, 4) is 5.75 Å². The Hall–Kier alpha value is -2.37. The summed E-state index contributed by atoms with van der Waals surface area (Å²) < 4.78 is 5.48. The minimum Gasteiger partial charge on any atom is -0.506 e. The van der Waals surface area contributed by atoms with Crippen molar-refractivity contribution < 1.29 is 14.3 Å². The van der Waals surface area contributed by atoms with E-state index in [2.05, 4.69) is 15.3 Å². The lowest BCUT2D eigenvalue weighted by Gasteiger charge is -2.03. The summed E-state index contributed by atoms with van der Waals surface area (Å²) in [6.07, 6.45) is 1.94. The quantitative estimate of drug-likeness (QED) is 0.872. The number of hydrogen-bond acceptors (Lipinski definition) is 5. The molecule has 2 N–H and O–H groups in total. The Morgan fingerprint density at radius 2 is 2.26 bits per heavy atom. The third kappa shape index (κ3) is 3.09. The topological polar surface area (TPSA) is 88.2 Å². The number of rotatable bonds is 4. The number of carbonyl (C=O) groups excluding carboxylic acids is 1. The fraction of sp³-hybridized carbons (Fsp3) is 0.308. The van der Waals surface area contributed by atoms with Gasteiger partial charge in [-0.3, -0.25) is 4.79 Å². The Kier molecular flexibility index (Phi) is 3.79. The van der Waals surface area contributed by atoms with Crippen LogP contribution in [0.3, 0.4) is 0 Å². The lowest BCUT2D eigenvalue weighted by molar-refractivity contribution is 0.0942. The van der Waals surface area contributed by atoms with Crippen LogP contribution in [0.1, 0.15) is 34.8 Å². The largest absolute Gasteiger partial charge is 0.506 e. The van der Waals surface area contributed by atoms with E-state index in [-0.39, 0.29) is 23.9 Å². The number of pyridine rings is 1. The predicted octanol–water partition coefficient (Wildman–Crippen LogP) is 1.58. The number of hydrogen-bond donors (Lipinski definition) is 2. The summed E-state index contributed by atoms with van der Waals surface area (Å²) in [4.78, 5) is 19.9. The summed E-state index contributed by atoms with van der Waals surface area (Å²) in [6, 6.07) is 2.87. The molecule has 0 aliphatic rings. The monoisotopic (exact) mass is 261 g/mol. The normalized spacial score (nSPS) is 10.4. The van der Waals surface area contributed by atoms with Crippen molar-refractivity contribution >= 4 is 5.91 Å². The van der Waals surface area contributed by atoms with Crippen LogP contribution in [0.5, 0.6) is 5.75 Å². The average Bonchev–Trinajstić information content (AvgIpc) is 2.77. The summed E-state index contributed by atoms with van der Waals surface area (Å²) >= 11 is 0. The molecule has 0 fully saturated rings. The Morgan fingerprint density at radius 3 is 2.84 bits per heavy atom. The van der Waals surface area contributed by atoms with Gasteiger partial charge in [-0.2, -0.15) is 0 Å². The van der Waals surface area contributed by atoms with Crippen molar-refractivity contribution in [3.05, 3.63) is 41.4 Å². The van der Waals surface area contributed by atoms with Gasteiger partial charge < -0.3 is 14.8 Å². The van der Waals surface area contributed by atoms with Crippen LogP contribution in [0, 0.1) is 6.92 Å². The maximum atomic E-state index is 11.8. The van der Waals surface area contributed by atoms with Crippen molar-refractivity contribution in [1.29, 1.82) is 0 Å². The first-order chi connectivity index (χ1) is 9.10. The summed E-state index contributed by atoms with van der Waals surface area (Å²) in [6.45, 7) is 4.05. The second-order valence-corrected chi connectivity index (χ2v) is 4.05. The Balaban J connectivity index is 2.00. The SMILES string of the molecule is CCc1nc(C)c(CNC(=O)c2ccc(O)cn2)o1. The van der Waals surface area contributed by atoms with Crippen LogP contribution in [0.4, 0.5) is 0 Å². The summed E-state index contributed by atoms with van der Waals surface area (Å²) in [5.41, 5.74) is 1.02. The molecule has 2 rings (SSSR count). The molecule has 0 saturated carbocycles. The van der Waals surface area contributed by atoms with Gasteiger partial charge in [0.25, 0.3) is 5.91 Å². The van der Waals surface area contributed by atoms with E-state index in [1.54, 1.807) is 0 Å². The zero-order valence-electron chi connectivity index (χ0n) is 10.8. The molecule has 0 unspecified atom stereocenters. The van der Waals surface area contributed by atoms with Crippen molar-refractivity contribution in [1.82, 2.24) is 15.3 Å². The van der Waals surface area contributed by atoms with E-state index in [4.69, 9.17) is 9.52 Å². The average molecular weight is 261 g/mol. The van der Waals surface area contributed by atoms with Gasteiger partial charge in [0.1, 0.15) is 17.2 Å². The van der Waals surface area contributed by atoms with E-state index >= 15 is 0 Å². The molecule has 2 aromatic heterocycles. The van der Waals surface area contributed by atoms with Crippen molar-refractivity contribution in [2.45, 2.75) is 26.8 Å². The number of aryl methyl sites for hydroxylation is 2. The molecule has 2 aromatic rings. The lowest BCUT2D eigenvalue weighted by atomic mass is 10.3. The van der Waals surface area contributed by atoms with Gasteiger partial charge in [0.2, 0.25) is 0 Å². The second kappa shape index (κ2) is 5.51. The predicted molar refractivity (Wildman–Crippen MR) is 67.7 cm³/mol. The molecular formula is C13H15N3O3. The Morgan fingerprint density at radius 1 is 1.47 bits per heavy atom. The molecule has 0 bridgehead atoms. The zero-order chi connectivity index (χ0) is 13.8. The molecule has 0 spiro atoms. The van der Waals surface area contributed by atoms with Gasteiger partial charge in [-0.15, -0.1) is 0 Å². The molecule has 2 heterocycles. The fourth-order valence-corrected chi connectivity index (χ4v) is 1.58. The maximum absolute atomic E-state index is 11.8. The van der Waals surface area contributed by atoms with E-state index < -0.39 is 0 Å². The van der Waals surface area contributed by atoms with Crippen LogP contribution in [-0.4, -0.2) is 21.0 Å². The van der Waals surface area contributed by atoms with Crippen LogP contribution in [-0.2, 0) is 13.0 Å². The molecule has 100 valence electrons. The molecule has 6 heteroatoms. The van der Waals surface area contributed by atoms with Crippen LogP contribution in [0.2, 0.25) is 0 Å². The highest BCUT2D eigenvalue weighted by molar-refractivity contribution is 5.92. The molecule has 6 nitrogen and oxygen atoms in total. The van der Waals surface area contributed by atoms with Gasteiger partial charge >= 0.3 is 0 Å². The molecule has 0 saturated heterocycles. The van der Waals surface area contributed by atoms with Crippen LogP contribution < -0.4 is 5.32 Å². The Labute approximate surface area is 110 Å². The molecule has 19 heavy (non-hydrogen) atoms. The third-order valence-corrected chi connectivity index (χ3v) is 2.63. The lowest BCUT2D eigenvalue weighted by Crippen LogP contribution is -2.23. The first-order valence-electron chi connectivity index (χ1n) is 5.98. The van der Waals surface area contributed by atoms with E-state index in [1.807, 2.05) is 13.8 Å². The van der Waals surface area contributed by atoms with E-state index in [9.17, 15) is 4.79 Å². The van der Waals surface area contributed by atoms with Gasteiger partial charge in [-0.25, -0.2) is 9.97 Å². The highest BCUT2D eigenvalue weighted by Gasteiger charge is 2.11. The molecular weight excluding hydrogens is 246 g/mol. The highest BCUT2D eigenvalue weighted by Crippen LogP contribution is 2.11. The van der Waals surface area contributed by atoms with Crippen molar-refractivity contribution in [2.24, 2.45) is 0 Å². The zero-order valence-corrected chi connectivity index (χ0v) is 10.8. The van der Waals surface area contributed by atoms with Gasteiger partial charge in [0.05, 0.1) is 18.4 Å². The standard InChI is InChI=1S/C13H15N3O3/c1-3-12-16-8(2)11(19-12)7-15-13(18)10-5-4-9(17)6-14-10/h4-6,17H,3,7H2,1-2H3,(H,15,18). The molecule has 0 aliphatic carbocycles. The van der Waals surface area contributed by atoms with Gasteiger partial charge in [0.15, 0.2) is 5.89 Å². The fourth-order valence-electron chi connectivity index (χ4n) is 1.58. The number of oxazole rings is 1. The van der Waals surface area contributed by atoms with Crippen molar-refractivity contribution in [2.75, 3.05) is 0 Å². The molecule has 1 amide bonds. The first kappa shape index (κ1) is 13.1. The number of nitrogens with zero attached hydrogens (tertiary/aromatic N) is 2. The van der Waals surface area contributed by atoms with Crippen LogP contribution in [0.15, 0.2) is 22.7 Å². The minimum atomic E-state index is -0.325. The summed E-state index contributed by atoms with van der Waals surface area (Å²) in [5.74, 6) is 0.998. The summed E-state index contributed by atoms with van der Waals surface area (Å²) in [5, 5.41) is 11.8. The van der Waals surface area contributed by atoms with Gasteiger partial charge in [0, 0.05) is 6.42 Å². The van der Waals surface area contributed by atoms with Gasteiger partial charge in [-0.1, -0.05) is 6.92 Å². The number of amides is 1. The second-order valence-electron chi connectivity index (χ2n) is 4.05. The first-order valence-corrected chi connectivity index (χ1v) is 5.98. The van der Waals surface area contributed by atoms with Crippen LogP contribution >= 0.6 is 0 Å². The Bertz CT molecular complexity index is 575. The number of carbonyl (C=O) groups is 1. The van der Waals surface area contributed by atoms with E-state index in [0.717, 1.165) is 5.69 Å². The maximum Gasteiger partial charge on any atom is 0.270 e. The molecule has 0 aromatic carbocycles. The number of aromatic hydroxyl groups is 1.